The van der Waals surface area contributed by atoms with Crippen LogP contribution in [0.25, 0.3) is 0 Å². The molecule has 1 rings (SSSR count). The van der Waals surface area contributed by atoms with Crippen molar-refractivity contribution in [1.82, 2.24) is 5.32 Å². The minimum absolute atomic E-state index is 0.0435. The van der Waals surface area contributed by atoms with Crippen molar-refractivity contribution in [3.8, 4) is 0 Å². The van der Waals surface area contributed by atoms with Crippen LogP contribution < -0.4 is 11.1 Å². The van der Waals surface area contributed by atoms with Gasteiger partial charge in [-0.15, -0.1) is 0 Å². The van der Waals surface area contributed by atoms with Crippen LogP contribution in [0.3, 0.4) is 0 Å². The van der Waals surface area contributed by atoms with Gasteiger partial charge in [0, 0.05) is 23.4 Å². The van der Waals surface area contributed by atoms with Crippen LogP contribution in [0.1, 0.15) is 22.8 Å². The standard InChI is InChI=1S/C12H17N3O4S/c1-2-20(18,19)7-6-14-12(16)10-5-3-4-9(8-10)11(13)15-17/h3-5,8,17H,2,6-7H2,1H3,(H2,13,15)(H,14,16). The third-order valence-electron chi connectivity index (χ3n) is 2.67. The number of benzene rings is 1. The molecular formula is C12H17N3O4S. The van der Waals surface area contributed by atoms with E-state index in [4.69, 9.17) is 10.9 Å². The average molecular weight is 299 g/mol. The minimum Gasteiger partial charge on any atom is -0.409 e. The molecule has 0 bridgehead atoms. The number of carbonyl (C=O) groups excluding carboxylic acids is 1. The molecule has 1 aromatic carbocycles. The van der Waals surface area contributed by atoms with Gasteiger partial charge in [-0.1, -0.05) is 24.2 Å². The second-order valence-electron chi connectivity index (χ2n) is 4.06. The number of amidine groups is 1. The van der Waals surface area contributed by atoms with E-state index in [1.165, 1.54) is 6.07 Å². The van der Waals surface area contributed by atoms with E-state index in [-0.39, 0.29) is 23.9 Å². The fourth-order valence-electron chi connectivity index (χ4n) is 1.44. The van der Waals surface area contributed by atoms with Gasteiger partial charge in [0.15, 0.2) is 15.7 Å². The monoisotopic (exact) mass is 299 g/mol. The first-order chi connectivity index (χ1) is 9.39. The fraction of sp³-hybridized carbons (Fsp3) is 0.333. The van der Waals surface area contributed by atoms with E-state index >= 15 is 0 Å². The van der Waals surface area contributed by atoms with Crippen LogP contribution in [-0.4, -0.2) is 43.4 Å². The molecule has 0 aliphatic rings. The number of rotatable bonds is 6. The van der Waals surface area contributed by atoms with E-state index in [1.54, 1.807) is 25.1 Å². The Balaban J connectivity index is 2.69. The Hall–Kier alpha value is -2.09. The smallest absolute Gasteiger partial charge is 0.251 e. The Morgan fingerprint density at radius 1 is 1.40 bits per heavy atom. The number of nitrogens with two attached hydrogens (primary N) is 1. The number of sulfone groups is 1. The molecule has 0 aliphatic carbocycles. The molecule has 110 valence electrons. The average Bonchev–Trinajstić information content (AvgIpc) is 2.46. The van der Waals surface area contributed by atoms with Crippen LogP contribution in [-0.2, 0) is 9.84 Å². The van der Waals surface area contributed by atoms with Crippen molar-refractivity contribution < 1.29 is 18.4 Å². The summed E-state index contributed by atoms with van der Waals surface area (Å²) in [6.45, 7) is 1.60. The first-order valence-electron chi connectivity index (χ1n) is 5.96. The van der Waals surface area contributed by atoms with Gasteiger partial charge < -0.3 is 16.3 Å². The van der Waals surface area contributed by atoms with Gasteiger partial charge in [0.05, 0.1) is 5.75 Å². The second kappa shape index (κ2) is 6.90. The Kier molecular flexibility index (Phi) is 5.51. The number of nitrogens with one attached hydrogen (secondary N) is 1. The van der Waals surface area contributed by atoms with Crippen LogP contribution in [0.5, 0.6) is 0 Å². The van der Waals surface area contributed by atoms with Gasteiger partial charge in [-0.05, 0) is 12.1 Å². The molecule has 1 amide bonds. The number of amides is 1. The first kappa shape index (κ1) is 16.0. The molecule has 4 N–H and O–H groups in total. The number of nitrogens with zero attached hydrogens (tertiary/aromatic N) is 1. The zero-order valence-corrected chi connectivity index (χ0v) is 11.9. The summed E-state index contributed by atoms with van der Waals surface area (Å²) in [7, 11) is -3.11. The van der Waals surface area contributed by atoms with Crippen molar-refractivity contribution in [3.63, 3.8) is 0 Å². The molecular weight excluding hydrogens is 282 g/mol. The molecule has 0 fully saturated rings. The zero-order valence-electron chi connectivity index (χ0n) is 11.0. The zero-order chi connectivity index (χ0) is 15.2. The normalized spacial score (nSPS) is 12.2. The number of carbonyl (C=O) groups is 1. The maximum Gasteiger partial charge on any atom is 0.251 e. The first-order valence-corrected chi connectivity index (χ1v) is 7.78. The third-order valence-corrected chi connectivity index (χ3v) is 4.37. The van der Waals surface area contributed by atoms with Gasteiger partial charge >= 0.3 is 0 Å². The highest BCUT2D eigenvalue weighted by atomic mass is 32.2. The molecule has 0 spiro atoms. The Morgan fingerprint density at radius 3 is 2.65 bits per heavy atom. The van der Waals surface area contributed by atoms with Crippen molar-refractivity contribution in [2.75, 3.05) is 18.1 Å². The van der Waals surface area contributed by atoms with Crippen molar-refractivity contribution >= 4 is 21.6 Å². The molecule has 0 atom stereocenters. The van der Waals surface area contributed by atoms with Gasteiger partial charge in [0.2, 0.25) is 0 Å². The maximum absolute atomic E-state index is 11.8. The van der Waals surface area contributed by atoms with Gasteiger partial charge in [-0.2, -0.15) is 0 Å². The highest BCUT2D eigenvalue weighted by Crippen LogP contribution is 2.05. The third kappa shape index (κ3) is 4.54. The van der Waals surface area contributed by atoms with Crippen LogP contribution in [0.2, 0.25) is 0 Å². The lowest BCUT2D eigenvalue weighted by Crippen LogP contribution is -2.29. The summed E-state index contributed by atoms with van der Waals surface area (Å²) in [5.74, 6) is -0.575. The fourth-order valence-corrected chi connectivity index (χ4v) is 2.15. The maximum atomic E-state index is 11.8. The predicted octanol–water partition coefficient (Wildman–Crippen LogP) is -0.0544. The van der Waals surface area contributed by atoms with E-state index in [2.05, 4.69) is 10.5 Å². The summed E-state index contributed by atoms with van der Waals surface area (Å²) < 4.78 is 22.6. The van der Waals surface area contributed by atoms with E-state index < -0.39 is 15.7 Å². The van der Waals surface area contributed by atoms with Gasteiger partial charge in [0.1, 0.15) is 0 Å². The molecule has 0 radical (unpaired) electrons. The lowest BCUT2D eigenvalue weighted by Gasteiger charge is -2.06. The molecule has 1 aromatic rings. The quantitative estimate of drug-likeness (QED) is 0.294. The molecule has 0 unspecified atom stereocenters. The van der Waals surface area contributed by atoms with Crippen molar-refractivity contribution in [1.29, 1.82) is 0 Å². The largest absolute Gasteiger partial charge is 0.409 e. The molecule has 0 aromatic heterocycles. The molecule has 20 heavy (non-hydrogen) atoms. The molecule has 0 saturated carbocycles. The van der Waals surface area contributed by atoms with Crippen LogP contribution >= 0.6 is 0 Å². The summed E-state index contributed by atoms with van der Waals surface area (Å²) in [4.78, 5) is 11.8. The second-order valence-corrected chi connectivity index (χ2v) is 6.53. The summed E-state index contributed by atoms with van der Waals surface area (Å²) >= 11 is 0. The van der Waals surface area contributed by atoms with Crippen LogP contribution in [0, 0.1) is 0 Å². The van der Waals surface area contributed by atoms with E-state index in [9.17, 15) is 13.2 Å². The number of hydrogen-bond acceptors (Lipinski definition) is 5. The Bertz CT molecular complexity index is 611. The number of hydrogen-bond donors (Lipinski definition) is 3. The molecule has 0 saturated heterocycles. The molecule has 0 heterocycles. The highest BCUT2D eigenvalue weighted by Gasteiger charge is 2.10. The highest BCUT2D eigenvalue weighted by molar-refractivity contribution is 7.91. The van der Waals surface area contributed by atoms with E-state index in [0.29, 0.717) is 11.1 Å². The summed E-state index contributed by atoms with van der Waals surface area (Å²) in [6, 6.07) is 6.19. The summed E-state index contributed by atoms with van der Waals surface area (Å²) in [5.41, 5.74) is 6.14. The van der Waals surface area contributed by atoms with E-state index in [0.717, 1.165) is 0 Å². The van der Waals surface area contributed by atoms with Crippen LogP contribution in [0.15, 0.2) is 29.4 Å². The minimum atomic E-state index is -3.11. The Labute approximate surface area is 117 Å². The topological polar surface area (TPSA) is 122 Å². The summed E-state index contributed by atoms with van der Waals surface area (Å²) in [5, 5.41) is 13.9. The number of oxime groups is 1. The SMILES string of the molecule is CCS(=O)(=O)CCNC(=O)c1cccc(/C(N)=N/O)c1. The van der Waals surface area contributed by atoms with Crippen LogP contribution in [0.4, 0.5) is 0 Å². The summed E-state index contributed by atoms with van der Waals surface area (Å²) in [6.07, 6.45) is 0. The molecule has 8 heteroatoms. The van der Waals surface area contributed by atoms with Gasteiger partial charge in [0.25, 0.3) is 5.91 Å². The van der Waals surface area contributed by atoms with Gasteiger partial charge in [-0.25, -0.2) is 8.42 Å². The van der Waals surface area contributed by atoms with Gasteiger partial charge in [-0.3, -0.25) is 4.79 Å². The lowest BCUT2D eigenvalue weighted by molar-refractivity contribution is 0.0956. The molecule has 0 aliphatic heterocycles. The van der Waals surface area contributed by atoms with E-state index in [1.807, 2.05) is 0 Å². The Morgan fingerprint density at radius 2 is 2.05 bits per heavy atom. The van der Waals surface area contributed by atoms with Crippen molar-refractivity contribution in [2.24, 2.45) is 10.9 Å². The lowest BCUT2D eigenvalue weighted by atomic mass is 10.1. The van der Waals surface area contributed by atoms with Crippen molar-refractivity contribution in [2.45, 2.75) is 6.92 Å². The molecule has 7 nitrogen and oxygen atoms in total. The van der Waals surface area contributed by atoms with Crippen molar-refractivity contribution in [3.05, 3.63) is 35.4 Å². The predicted molar refractivity (Wildman–Crippen MR) is 75.6 cm³/mol.